The summed E-state index contributed by atoms with van der Waals surface area (Å²) in [7, 11) is 0. The van der Waals surface area contributed by atoms with E-state index in [4.69, 9.17) is 0 Å². The van der Waals surface area contributed by atoms with E-state index < -0.39 is 11.7 Å². The summed E-state index contributed by atoms with van der Waals surface area (Å²) in [5, 5.41) is 14.2. The fourth-order valence-electron chi connectivity index (χ4n) is 5.77. The second-order valence-corrected chi connectivity index (χ2v) is 10.4. The number of fused-ring (bicyclic) bond motifs is 1. The van der Waals surface area contributed by atoms with E-state index in [0.717, 1.165) is 45.2 Å². The van der Waals surface area contributed by atoms with Gasteiger partial charge in [-0.15, -0.1) is 5.10 Å². The molecule has 1 fully saturated rings. The van der Waals surface area contributed by atoms with Gasteiger partial charge in [-0.3, -0.25) is 9.80 Å². The number of benzene rings is 3. The highest BCUT2D eigenvalue weighted by Gasteiger charge is 2.34. The van der Waals surface area contributed by atoms with E-state index >= 15 is 0 Å². The second kappa shape index (κ2) is 10.5. The van der Waals surface area contributed by atoms with Crippen molar-refractivity contribution in [3.63, 3.8) is 0 Å². The lowest BCUT2D eigenvalue weighted by atomic mass is 10.0. The minimum Gasteiger partial charge on any atom is -0.361 e. The van der Waals surface area contributed by atoms with E-state index in [-0.39, 0.29) is 6.04 Å². The van der Waals surface area contributed by atoms with Crippen molar-refractivity contribution in [2.45, 2.75) is 32.6 Å². The Morgan fingerprint density at radius 2 is 1.62 bits per heavy atom. The van der Waals surface area contributed by atoms with Crippen LogP contribution in [0.2, 0.25) is 0 Å². The van der Waals surface area contributed by atoms with Crippen LogP contribution in [0.5, 0.6) is 0 Å². The number of rotatable bonds is 6. The van der Waals surface area contributed by atoms with Crippen LogP contribution in [0.25, 0.3) is 16.6 Å². The molecule has 206 valence electrons. The Hall–Kier alpha value is -4.02. The number of alkyl halides is 3. The molecule has 2 aromatic heterocycles. The number of hydrogen-bond acceptors (Lipinski definition) is 5. The Kier molecular flexibility index (Phi) is 6.89. The molecule has 40 heavy (non-hydrogen) atoms. The summed E-state index contributed by atoms with van der Waals surface area (Å²) >= 11 is 0. The molecule has 0 bridgehead atoms. The van der Waals surface area contributed by atoms with E-state index in [1.54, 1.807) is 6.07 Å². The minimum absolute atomic E-state index is 0.221. The first kappa shape index (κ1) is 26.2. The molecule has 0 saturated carbocycles. The number of nitrogens with zero attached hydrogens (tertiary/aromatic N) is 6. The quantitative estimate of drug-likeness (QED) is 0.297. The van der Waals surface area contributed by atoms with Crippen molar-refractivity contribution in [3.05, 3.63) is 107 Å². The van der Waals surface area contributed by atoms with Crippen LogP contribution in [-0.4, -0.2) is 61.2 Å². The smallest absolute Gasteiger partial charge is 0.361 e. The Balaban J connectivity index is 1.32. The SMILES string of the molecule is Cc1cccc(C)c1-n1nnnc1C(c1c[nH]c2ccccc12)N1CCN(Cc2cccc(C(F)(F)F)c2)CC1. The third-order valence-corrected chi connectivity index (χ3v) is 7.74. The molecule has 1 N–H and O–H groups in total. The van der Waals surface area contributed by atoms with Gasteiger partial charge in [-0.25, -0.2) is 0 Å². The molecular weight excluding hydrogens is 515 g/mol. The van der Waals surface area contributed by atoms with Gasteiger partial charge in [0.1, 0.15) is 0 Å². The van der Waals surface area contributed by atoms with E-state index in [2.05, 4.69) is 68.4 Å². The molecule has 0 amide bonds. The van der Waals surface area contributed by atoms with Crippen molar-refractivity contribution in [1.82, 2.24) is 35.0 Å². The van der Waals surface area contributed by atoms with Crippen LogP contribution in [0.4, 0.5) is 13.2 Å². The summed E-state index contributed by atoms with van der Waals surface area (Å²) in [4.78, 5) is 7.97. The van der Waals surface area contributed by atoms with Crippen LogP contribution in [0, 0.1) is 13.8 Å². The van der Waals surface area contributed by atoms with E-state index in [9.17, 15) is 13.2 Å². The van der Waals surface area contributed by atoms with Crippen molar-refractivity contribution in [1.29, 1.82) is 0 Å². The molecule has 5 aromatic rings. The molecule has 0 radical (unpaired) electrons. The van der Waals surface area contributed by atoms with Gasteiger partial charge in [0.25, 0.3) is 0 Å². The third-order valence-electron chi connectivity index (χ3n) is 7.74. The average Bonchev–Trinajstić information content (AvgIpc) is 3.58. The predicted molar refractivity (Wildman–Crippen MR) is 147 cm³/mol. The summed E-state index contributed by atoms with van der Waals surface area (Å²) in [5.74, 6) is 0.730. The molecule has 10 heteroatoms. The molecule has 3 heterocycles. The van der Waals surface area contributed by atoms with Crippen molar-refractivity contribution in [2.75, 3.05) is 26.2 Å². The van der Waals surface area contributed by atoms with Crippen LogP contribution < -0.4 is 0 Å². The number of H-pyrrole nitrogens is 1. The van der Waals surface area contributed by atoms with E-state index in [1.165, 1.54) is 12.1 Å². The standard InChI is InChI=1S/C30H30F3N7/c1-20-7-5-8-21(2)27(20)40-29(35-36-37-40)28(25-18-34-26-12-4-3-11-24(25)26)39-15-13-38(14-16-39)19-22-9-6-10-23(17-22)30(31,32)33/h3-12,17-18,28,34H,13-16,19H2,1-2H3. The van der Waals surface area contributed by atoms with Crippen LogP contribution >= 0.6 is 0 Å². The predicted octanol–water partition coefficient (Wildman–Crippen LogP) is 5.69. The Morgan fingerprint density at radius 1 is 0.900 bits per heavy atom. The molecule has 1 aliphatic heterocycles. The maximum atomic E-state index is 13.2. The average molecular weight is 546 g/mol. The highest BCUT2D eigenvalue weighted by molar-refractivity contribution is 5.84. The number of hydrogen-bond donors (Lipinski definition) is 1. The monoisotopic (exact) mass is 545 g/mol. The van der Waals surface area contributed by atoms with Crippen molar-refractivity contribution >= 4 is 10.9 Å². The van der Waals surface area contributed by atoms with E-state index in [1.807, 2.05) is 29.1 Å². The van der Waals surface area contributed by atoms with Gasteiger partial charge in [-0.2, -0.15) is 17.9 Å². The van der Waals surface area contributed by atoms with Crippen LogP contribution in [0.1, 0.15) is 39.7 Å². The normalized spacial score (nSPS) is 16.0. The zero-order chi connectivity index (χ0) is 27.9. The highest BCUT2D eigenvalue weighted by Crippen LogP contribution is 2.35. The number of tetrazole rings is 1. The molecule has 6 rings (SSSR count). The van der Waals surface area contributed by atoms with Gasteiger partial charge < -0.3 is 4.98 Å². The van der Waals surface area contributed by atoms with Crippen molar-refractivity contribution in [3.8, 4) is 5.69 Å². The highest BCUT2D eigenvalue weighted by atomic mass is 19.4. The van der Waals surface area contributed by atoms with Gasteiger partial charge in [-0.05, 0) is 53.1 Å². The number of para-hydroxylation sites is 2. The van der Waals surface area contributed by atoms with Gasteiger partial charge in [0.15, 0.2) is 5.82 Å². The van der Waals surface area contributed by atoms with Gasteiger partial charge >= 0.3 is 6.18 Å². The van der Waals surface area contributed by atoms with Gasteiger partial charge in [-0.1, -0.05) is 54.6 Å². The maximum absolute atomic E-state index is 13.2. The fourth-order valence-corrected chi connectivity index (χ4v) is 5.77. The molecule has 1 saturated heterocycles. The van der Waals surface area contributed by atoms with Crippen LogP contribution in [0.15, 0.2) is 72.9 Å². The number of aryl methyl sites for hydroxylation is 2. The van der Waals surface area contributed by atoms with Crippen LogP contribution in [-0.2, 0) is 12.7 Å². The van der Waals surface area contributed by atoms with Crippen LogP contribution in [0.3, 0.4) is 0 Å². The summed E-state index contributed by atoms with van der Waals surface area (Å²) in [6.07, 6.45) is -2.31. The summed E-state index contributed by atoms with van der Waals surface area (Å²) < 4.78 is 41.5. The first-order chi connectivity index (χ1) is 19.3. The van der Waals surface area contributed by atoms with Gasteiger partial charge in [0.05, 0.1) is 17.3 Å². The van der Waals surface area contributed by atoms with Gasteiger partial charge in [0.2, 0.25) is 0 Å². The zero-order valence-corrected chi connectivity index (χ0v) is 22.4. The Morgan fingerprint density at radius 3 is 2.38 bits per heavy atom. The number of aromatic amines is 1. The van der Waals surface area contributed by atoms with Crippen molar-refractivity contribution in [2.24, 2.45) is 0 Å². The summed E-state index contributed by atoms with van der Waals surface area (Å²) in [6.45, 7) is 7.42. The lowest BCUT2D eigenvalue weighted by Crippen LogP contribution is -2.47. The molecular formula is C30H30F3N7. The first-order valence-electron chi connectivity index (χ1n) is 13.3. The molecule has 1 aliphatic rings. The maximum Gasteiger partial charge on any atom is 0.416 e. The topological polar surface area (TPSA) is 65.9 Å². The lowest BCUT2D eigenvalue weighted by Gasteiger charge is -2.39. The largest absolute Gasteiger partial charge is 0.416 e. The minimum atomic E-state index is -4.35. The van der Waals surface area contributed by atoms with E-state index in [0.29, 0.717) is 38.3 Å². The number of piperazine rings is 1. The number of aromatic nitrogens is 5. The zero-order valence-electron chi connectivity index (χ0n) is 22.4. The molecule has 1 atom stereocenters. The number of nitrogens with one attached hydrogen (secondary N) is 1. The van der Waals surface area contributed by atoms with Gasteiger partial charge in [0, 0.05) is 55.4 Å². The molecule has 1 unspecified atom stereocenters. The Bertz CT molecular complexity index is 1610. The Labute approximate surface area is 230 Å². The lowest BCUT2D eigenvalue weighted by molar-refractivity contribution is -0.137. The first-order valence-corrected chi connectivity index (χ1v) is 13.3. The molecule has 0 aliphatic carbocycles. The summed E-state index contributed by atoms with van der Waals surface area (Å²) in [5.41, 5.74) is 5.31. The second-order valence-electron chi connectivity index (χ2n) is 10.4. The van der Waals surface area contributed by atoms with Crippen molar-refractivity contribution < 1.29 is 13.2 Å². The number of halogens is 3. The fraction of sp³-hybridized carbons (Fsp3) is 0.300. The molecule has 7 nitrogen and oxygen atoms in total. The molecule has 3 aromatic carbocycles. The third kappa shape index (κ3) is 5.00. The molecule has 0 spiro atoms. The summed E-state index contributed by atoms with van der Waals surface area (Å²) in [6, 6.07) is 19.7.